The molecule has 3 rings (SSSR count). The van der Waals surface area contributed by atoms with Crippen molar-refractivity contribution >= 4 is 23.4 Å². The van der Waals surface area contributed by atoms with Crippen molar-refractivity contribution < 1.29 is 23.1 Å². The average Bonchev–Trinajstić information content (AvgIpc) is 2.67. The summed E-state index contributed by atoms with van der Waals surface area (Å²) in [5.41, 5.74) is 1.02. The third-order valence-corrected chi connectivity index (χ3v) is 4.32. The Morgan fingerprint density at radius 3 is 2.25 bits per heavy atom. The first-order chi connectivity index (χ1) is 13.3. The van der Waals surface area contributed by atoms with Crippen molar-refractivity contribution in [3.05, 3.63) is 77.3 Å². The molecule has 9 heteroatoms. The number of alkyl halides is 3. The molecule has 0 saturated heterocycles. The minimum Gasteiger partial charge on any atom is -0.465 e. The number of carboxylic acid groups (broad SMARTS) is 1. The Labute approximate surface area is 163 Å². The minimum absolute atomic E-state index is 0.121. The molecule has 1 amide bonds. The lowest BCUT2D eigenvalue weighted by molar-refractivity contribution is -0.137. The first kappa shape index (κ1) is 19.6. The van der Waals surface area contributed by atoms with E-state index in [9.17, 15) is 23.1 Å². The van der Waals surface area contributed by atoms with Crippen molar-refractivity contribution in [3.8, 4) is 11.1 Å². The van der Waals surface area contributed by atoms with Gasteiger partial charge in [-0.25, -0.2) is 14.8 Å². The smallest absolute Gasteiger partial charge is 0.417 e. The van der Waals surface area contributed by atoms with Crippen LogP contribution < -0.4 is 4.90 Å². The first-order valence-corrected chi connectivity index (χ1v) is 8.35. The Hall–Kier alpha value is -3.13. The standard InChI is InChI=1S/C19H13ClF3N3O2/c20-17-6-5-15(7-16(17)19(21,22)23)26(18(27)28)10-12-1-3-13(4-2-12)14-8-24-11-25-9-14/h1-9,11H,10H2,(H,27,28). The molecule has 1 heterocycles. The number of nitrogens with zero attached hydrogens (tertiary/aromatic N) is 3. The molecule has 3 aromatic rings. The molecule has 5 nitrogen and oxygen atoms in total. The molecule has 2 aromatic carbocycles. The van der Waals surface area contributed by atoms with Gasteiger partial charge in [0, 0.05) is 23.6 Å². The number of carbonyl (C=O) groups is 1. The summed E-state index contributed by atoms with van der Waals surface area (Å²) in [7, 11) is 0. The molecule has 144 valence electrons. The van der Waals surface area contributed by atoms with Crippen molar-refractivity contribution in [2.24, 2.45) is 0 Å². The highest BCUT2D eigenvalue weighted by Gasteiger charge is 2.34. The van der Waals surface area contributed by atoms with Crippen LogP contribution in [-0.2, 0) is 12.7 Å². The molecule has 1 N–H and O–H groups in total. The number of hydrogen-bond acceptors (Lipinski definition) is 3. The second-order valence-electron chi connectivity index (χ2n) is 5.85. The van der Waals surface area contributed by atoms with Crippen molar-refractivity contribution in [1.82, 2.24) is 9.97 Å². The lowest BCUT2D eigenvalue weighted by Gasteiger charge is -2.21. The molecule has 0 atom stereocenters. The van der Waals surface area contributed by atoms with Crippen molar-refractivity contribution in [2.75, 3.05) is 4.90 Å². The summed E-state index contributed by atoms with van der Waals surface area (Å²) in [5, 5.41) is 8.99. The van der Waals surface area contributed by atoms with Crippen LogP contribution in [0.4, 0.5) is 23.7 Å². The number of halogens is 4. The highest BCUT2D eigenvalue weighted by atomic mass is 35.5. The zero-order valence-electron chi connectivity index (χ0n) is 14.2. The molecule has 0 radical (unpaired) electrons. The second-order valence-corrected chi connectivity index (χ2v) is 6.26. The zero-order valence-corrected chi connectivity index (χ0v) is 14.9. The predicted molar refractivity (Wildman–Crippen MR) is 98.1 cm³/mol. The van der Waals surface area contributed by atoms with Gasteiger partial charge < -0.3 is 5.11 Å². The number of amides is 1. The van der Waals surface area contributed by atoms with Crippen LogP contribution >= 0.6 is 11.6 Å². The van der Waals surface area contributed by atoms with E-state index < -0.39 is 22.9 Å². The van der Waals surface area contributed by atoms with Gasteiger partial charge in [0.25, 0.3) is 0 Å². The second kappa shape index (κ2) is 7.85. The lowest BCUT2D eigenvalue weighted by atomic mass is 10.1. The van der Waals surface area contributed by atoms with Crippen LogP contribution in [0.15, 0.2) is 61.2 Å². The number of hydrogen-bond donors (Lipinski definition) is 1. The molecule has 28 heavy (non-hydrogen) atoms. The van der Waals surface area contributed by atoms with E-state index in [1.54, 1.807) is 36.7 Å². The first-order valence-electron chi connectivity index (χ1n) is 7.97. The number of benzene rings is 2. The molecule has 0 aliphatic heterocycles. The van der Waals surface area contributed by atoms with E-state index in [1.807, 2.05) is 0 Å². The van der Waals surface area contributed by atoms with Crippen LogP contribution in [0.2, 0.25) is 5.02 Å². The summed E-state index contributed by atoms with van der Waals surface area (Å²) in [6.45, 7) is -0.125. The Kier molecular flexibility index (Phi) is 5.51. The van der Waals surface area contributed by atoms with Gasteiger partial charge in [0.15, 0.2) is 0 Å². The molecular weight excluding hydrogens is 395 g/mol. The summed E-state index contributed by atoms with van der Waals surface area (Å²) < 4.78 is 39.2. The van der Waals surface area contributed by atoms with Crippen LogP contribution in [0.5, 0.6) is 0 Å². The summed E-state index contributed by atoms with van der Waals surface area (Å²) in [6.07, 6.45) is -1.38. The SMILES string of the molecule is O=C(O)N(Cc1ccc(-c2cncnc2)cc1)c1ccc(Cl)c(C(F)(F)F)c1. The third kappa shape index (κ3) is 4.40. The quantitative estimate of drug-likeness (QED) is 0.620. The van der Waals surface area contributed by atoms with Crippen LogP contribution in [0.3, 0.4) is 0 Å². The molecule has 0 spiro atoms. The van der Waals surface area contributed by atoms with Gasteiger partial charge >= 0.3 is 12.3 Å². The summed E-state index contributed by atoms with van der Waals surface area (Å²) in [6, 6.07) is 9.91. The maximum Gasteiger partial charge on any atom is 0.417 e. The van der Waals surface area contributed by atoms with Crippen LogP contribution in [0.1, 0.15) is 11.1 Å². The number of rotatable bonds is 4. The van der Waals surface area contributed by atoms with E-state index in [0.29, 0.717) is 5.56 Å². The fraction of sp³-hybridized carbons (Fsp3) is 0.105. The molecule has 1 aromatic heterocycles. The summed E-state index contributed by atoms with van der Waals surface area (Å²) in [5.74, 6) is 0. The van der Waals surface area contributed by atoms with E-state index in [1.165, 1.54) is 12.4 Å². The highest BCUT2D eigenvalue weighted by Crippen LogP contribution is 2.37. The van der Waals surface area contributed by atoms with Crippen LogP contribution in [0, 0.1) is 0 Å². The zero-order chi connectivity index (χ0) is 20.3. The van der Waals surface area contributed by atoms with Gasteiger partial charge in [-0.15, -0.1) is 0 Å². The Balaban J connectivity index is 1.87. The largest absolute Gasteiger partial charge is 0.465 e. The monoisotopic (exact) mass is 407 g/mol. The van der Waals surface area contributed by atoms with Gasteiger partial charge in [-0.05, 0) is 29.3 Å². The molecule has 0 bridgehead atoms. The third-order valence-electron chi connectivity index (χ3n) is 3.99. The molecule has 0 fully saturated rings. The van der Waals surface area contributed by atoms with Gasteiger partial charge in [-0.1, -0.05) is 35.9 Å². The van der Waals surface area contributed by atoms with Crippen molar-refractivity contribution in [3.63, 3.8) is 0 Å². The molecule has 0 unspecified atom stereocenters. The molecular formula is C19H13ClF3N3O2. The molecule has 0 aliphatic rings. The summed E-state index contributed by atoms with van der Waals surface area (Å²) >= 11 is 5.60. The van der Waals surface area contributed by atoms with Crippen molar-refractivity contribution in [2.45, 2.75) is 12.7 Å². The van der Waals surface area contributed by atoms with Gasteiger partial charge in [-0.3, -0.25) is 4.90 Å². The van der Waals surface area contributed by atoms with Gasteiger partial charge in [0.05, 0.1) is 17.1 Å². The fourth-order valence-electron chi connectivity index (χ4n) is 2.60. The summed E-state index contributed by atoms with van der Waals surface area (Å²) in [4.78, 5) is 20.3. The number of anilines is 1. The van der Waals surface area contributed by atoms with E-state index in [2.05, 4.69) is 9.97 Å². The highest BCUT2D eigenvalue weighted by molar-refractivity contribution is 6.31. The molecule has 0 aliphatic carbocycles. The van der Waals surface area contributed by atoms with Gasteiger partial charge in [-0.2, -0.15) is 13.2 Å². The topological polar surface area (TPSA) is 66.3 Å². The fourth-order valence-corrected chi connectivity index (χ4v) is 2.83. The maximum atomic E-state index is 13.1. The Morgan fingerprint density at radius 1 is 1.04 bits per heavy atom. The van der Waals surface area contributed by atoms with Crippen LogP contribution in [-0.4, -0.2) is 21.2 Å². The van der Waals surface area contributed by atoms with E-state index in [-0.39, 0.29) is 12.2 Å². The van der Waals surface area contributed by atoms with Crippen molar-refractivity contribution in [1.29, 1.82) is 0 Å². The molecule has 0 saturated carbocycles. The number of aromatic nitrogens is 2. The Morgan fingerprint density at radius 2 is 1.68 bits per heavy atom. The predicted octanol–water partition coefficient (Wildman–Crippen LogP) is 5.50. The van der Waals surface area contributed by atoms with E-state index in [0.717, 1.165) is 28.2 Å². The normalized spacial score (nSPS) is 11.3. The maximum absolute atomic E-state index is 13.1. The van der Waals surface area contributed by atoms with Crippen LogP contribution in [0.25, 0.3) is 11.1 Å². The van der Waals surface area contributed by atoms with Gasteiger partial charge in [0.1, 0.15) is 6.33 Å². The Bertz CT molecular complexity index is 980. The van der Waals surface area contributed by atoms with Gasteiger partial charge in [0.2, 0.25) is 0 Å². The lowest BCUT2D eigenvalue weighted by Crippen LogP contribution is -2.28. The van der Waals surface area contributed by atoms with E-state index >= 15 is 0 Å². The van der Waals surface area contributed by atoms with E-state index in [4.69, 9.17) is 11.6 Å². The minimum atomic E-state index is -4.68. The average molecular weight is 408 g/mol.